The minimum atomic E-state index is -5.95. The van der Waals surface area contributed by atoms with Crippen LogP contribution in [0.3, 0.4) is 0 Å². The molecule has 1 aliphatic heterocycles. The first-order chi connectivity index (χ1) is 32.2. The Hall–Kier alpha value is -2.75. The van der Waals surface area contributed by atoms with Crippen LogP contribution in [0.4, 0.5) is 5.82 Å². The van der Waals surface area contributed by atoms with E-state index in [1.807, 2.05) is 0 Å². The smallest absolute Gasteiger partial charge is 0.274 e. The van der Waals surface area contributed by atoms with Crippen molar-refractivity contribution in [2.45, 2.75) is 77.3 Å². The summed E-state index contributed by atoms with van der Waals surface area (Å²) in [6, 6.07) is 0. The molecule has 0 radical (unpaired) electrons. The summed E-state index contributed by atoms with van der Waals surface area (Å²) in [5.74, 6) is -2.00. The first-order valence-electron chi connectivity index (χ1n) is 20.2. The van der Waals surface area contributed by atoms with E-state index in [-0.39, 0.29) is 56.0 Å². The summed E-state index contributed by atoms with van der Waals surface area (Å²) in [6.07, 6.45) is -9.65. The van der Waals surface area contributed by atoms with Crippen molar-refractivity contribution in [2.24, 2.45) is 10.8 Å². The lowest BCUT2D eigenvalue weighted by atomic mass is 9.87. The number of phosphoric acid groups is 4. The molecule has 4 amide bonds. The van der Waals surface area contributed by atoms with Gasteiger partial charge in [-0.25, -0.2) is 19.3 Å². The molecule has 0 bridgehead atoms. The predicted octanol–water partition coefficient (Wildman–Crippen LogP) is -5.89. The highest BCUT2D eigenvalue weighted by atomic mass is 33.1. The molecule has 2 aromatic heterocycles. The van der Waals surface area contributed by atoms with Gasteiger partial charge in [-0.1, -0.05) is 49.3 Å². The Morgan fingerprint density at radius 3 is 1.77 bits per heavy atom. The number of carbonyl (C=O) groups is 4. The van der Waals surface area contributed by atoms with Crippen LogP contribution >= 0.6 is 52.9 Å². The predicted molar refractivity (Wildman–Crippen MR) is 230 cm³/mol. The van der Waals surface area contributed by atoms with Crippen molar-refractivity contribution in [1.29, 1.82) is 0 Å². The average Bonchev–Trinajstić information content (AvgIpc) is 3.81. The number of aliphatic hydroxyl groups excluding tert-OH is 3. The lowest BCUT2D eigenvalue weighted by Gasteiger charge is -2.36. The SMILES string of the molecule is CC(C)(COP(=O)([O-])[O-])[C@@H](O)C(=O)NCCC(=O)NCCSSCCNC(=O)CCNC(=O)[C@H](O)C(C)(C)COP(=O)([O-])OP(=O)([O-])OC[C@H]1O[C@@H](n2cnc3c(N)ncnc32)[C@H](O)[C@@H]1OP(=O)([O-])[O-]. The largest absolute Gasteiger partial charge is 0.790 e. The molecule has 32 nitrogen and oxygen atoms in total. The highest BCUT2D eigenvalue weighted by molar-refractivity contribution is 8.76. The Morgan fingerprint density at radius 1 is 0.771 bits per heavy atom. The van der Waals surface area contributed by atoms with Crippen LogP contribution in [0.2, 0.25) is 0 Å². The lowest BCUT2D eigenvalue weighted by molar-refractivity contribution is -0.347. The van der Waals surface area contributed by atoms with Crippen molar-refractivity contribution in [3.8, 4) is 0 Å². The minimum Gasteiger partial charge on any atom is -0.790 e. The van der Waals surface area contributed by atoms with E-state index in [0.717, 1.165) is 17.2 Å². The summed E-state index contributed by atoms with van der Waals surface area (Å²) >= 11 is 0. The Morgan fingerprint density at radius 2 is 1.27 bits per heavy atom. The molecule has 1 saturated heterocycles. The number of aromatic nitrogens is 4. The second kappa shape index (κ2) is 26.5. The molecule has 9 N–H and O–H groups in total. The maximum atomic E-state index is 12.6. The first-order valence-corrected chi connectivity index (χ1v) is 28.5. The third-order valence-electron chi connectivity index (χ3n) is 9.39. The van der Waals surface area contributed by atoms with E-state index in [4.69, 9.17) is 10.5 Å². The van der Waals surface area contributed by atoms with E-state index in [0.29, 0.717) is 11.5 Å². The molecule has 0 aliphatic carbocycles. The van der Waals surface area contributed by atoms with Crippen LogP contribution in [0.15, 0.2) is 12.7 Å². The molecule has 1 aliphatic rings. The number of ether oxygens (including phenoxy) is 1. The third kappa shape index (κ3) is 20.6. The Bertz CT molecular complexity index is 2310. The summed E-state index contributed by atoms with van der Waals surface area (Å²) in [5.41, 5.74) is 2.58. The minimum absolute atomic E-state index is 0.0254. The van der Waals surface area contributed by atoms with E-state index >= 15 is 0 Å². The molecule has 8 atom stereocenters. The third-order valence-corrected chi connectivity index (χ3v) is 15.3. The number of anilines is 1. The zero-order chi connectivity index (χ0) is 52.9. The number of carbonyl (C=O) groups excluding carboxylic acids is 4. The fourth-order valence-corrected chi connectivity index (χ4v) is 10.7. The van der Waals surface area contributed by atoms with Crippen molar-refractivity contribution in [3.05, 3.63) is 12.7 Å². The normalized spacial score (nSPS) is 20.5. The van der Waals surface area contributed by atoms with Crippen molar-refractivity contribution < 1.29 is 109 Å². The van der Waals surface area contributed by atoms with E-state index in [1.54, 1.807) is 0 Å². The van der Waals surface area contributed by atoms with Gasteiger partial charge in [0, 0.05) is 61.4 Å². The van der Waals surface area contributed by atoms with Gasteiger partial charge < -0.3 is 104 Å². The number of fused-ring (bicyclic) bond motifs is 1. The molecule has 0 spiro atoms. The highest BCUT2D eigenvalue weighted by Crippen LogP contribution is 2.56. The van der Waals surface area contributed by atoms with E-state index in [1.165, 1.54) is 49.3 Å². The summed E-state index contributed by atoms with van der Waals surface area (Å²) in [6.45, 7) is 1.99. The Balaban J connectivity index is 1.31. The van der Waals surface area contributed by atoms with E-state index in [9.17, 15) is 82.1 Å². The zero-order valence-electron chi connectivity index (χ0n) is 37.4. The van der Waals surface area contributed by atoms with Crippen LogP contribution in [0.5, 0.6) is 0 Å². The number of hydrogen-bond acceptors (Lipinski definition) is 29. The molecule has 2 unspecified atom stereocenters. The maximum Gasteiger partial charge on any atom is 0.274 e. The van der Waals surface area contributed by atoms with Crippen LogP contribution < -0.4 is 56.4 Å². The molecule has 3 rings (SSSR count). The second-order valence-corrected chi connectivity index (χ2v) is 24.0. The number of nitrogens with zero attached hydrogens (tertiary/aromatic N) is 4. The van der Waals surface area contributed by atoms with Gasteiger partial charge >= 0.3 is 0 Å². The fourth-order valence-electron chi connectivity index (χ4n) is 5.66. The van der Waals surface area contributed by atoms with Crippen molar-refractivity contribution >= 4 is 93.5 Å². The summed E-state index contributed by atoms with van der Waals surface area (Å²) in [5, 5.41) is 41.4. The second-order valence-electron chi connectivity index (χ2n) is 16.1. The standard InChI is InChI=1S/C32H57N9O23P4S2/c1-31(2,14-60-65(49,50)51)24(45)28(47)36-7-5-19(42)34-9-11-69-70-12-10-35-20(43)6-8-37-29(48)25(46)32(3,4)15-61-68(57,58)64-67(55,56)59-13-18-23(63-66(52,53)54)22(44)30(62-18)41-17-40-21-26(33)38-16-39-27(21)41/h16-18,22-25,30,44-46H,5-15H2,1-4H3,(H,34,42)(H,35,43)(H,36,47)(H,37,48)(H,55,56)(H,57,58)(H2,33,38,39)(H2,49,50,51)(H2,52,53,54)/p-6/t18-,22-,23-,24+,25+,30-/m1/s1. The Labute approximate surface area is 406 Å². The maximum absolute atomic E-state index is 12.6. The molecule has 1 fully saturated rings. The van der Waals surface area contributed by atoms with E-state index in [2.05, 4.69) is 58.6 Å². The number of imidazole rings is 1. The molecule has 2 aromatic rings. The zero-order valence-corrected chi connectivity index (χ0v) is 42.6. The summed E-state index contributed by atoms with van der Waals surface area (Å²) in [4.78, 5) is 130. The van der Waals surface area contributed by atoms with Gasteiger partial charge in [0.15, 0.2) is 17.7 Å². The van der Waals surface area contributed by atoms with Gasteiger partial charge in [-0.3, -0.25) is 32.9 Å². The van der Waals surface area contributed by atoms with Crippen LogP contribution in [0, 0.1) is 10.8 Å². The van der Waals surface area contributed by atoms with Gasteiger partial charge in [0.25, 0.3) is 15.6 Å². The molecular formula is C32H51N9O23P4S2-6. The van der Waals surface area contributed by atoms with Gasteiger partial charge in [-0.2, -0.15) is 0 Å². The number of hydrogen-bond donors (Lipinski definition) is 8. The summed E-state index contributed by atoms with van der Waals surface area (Å²) < 4.78 is 75.5. The first kappa shape index (κ1) is 61.5. The van der Waals surface area contributed by atoms with Crippen molar-refractivity contribution in [2.75, 3.05) is 63.2 Å². The number of phosphoric ester groups is 4. The number of nitrogen functional groups attached to an aromatic ring is 1. The van der Waals surface area contributed by atoms with Gasteiger partial charge in [0.05, 0.1) is 41.8 Å². The topological polar surface area (TPSA) is 509 Å². The summed E-state index contributed by atoms with van der Waals surface area (Å²) in [7, 11) is -20.3. The number of aliphatic hydroxyl groups is 3. The van der Waals surface area contributed by atoms with Gasteiger partial charge in [-0.05, 0) is 0 Å². The van der Waals surface area contributed by atoms with E-state index < -0.39 is 122 Å². The monoisotopic (exact) mass is 1120 g/mol. The molecule has 400 valence electrons. The van der Waals surface area contributed by atoms with Gasteiger partial charge in [-0.15, -0.1) is 0 Å². The van der Waals surface area contributed by atoms with Crippen molar-refractivity contribution in [3.63, 3.8) is 0 Å². The van der Waals surface area contributed by atoms with Crippen LogP contribution in [-0.4, -0.2) is 146 Å². The van der Waals surface area contributed by atoms with Crippen LogP contribution in [-0.2, 0) is 64.6 Å². The molecule has 0 aromatic carbocycles. The van der Waals surface area contributed by atoms with Crippen LogP contribution in [0.1, 0.15) is 46.8 Å². The average molecular weight is 1120 g/mol. The molecule has 3 heterocycles. The van der Waals surface area contributed by atoms with Crippen molar-refractivity contribution in [1.82, 2.24) is 40.8 Å². The van der Waals surface area contributed by atoms with Crippen LogP contribution in [0.25, 0.3) is 11.2 Å². The number of rotatable bonds is 31. The molecule has 0 saturated carbocycles. The quantitative estimate of drug-likeness (QED) is 0.0198. The fraction of sp³-hybridized carbons (Fsp3) is 0.719. The lowest BCUT2D eigenvalue weighted by Crippen LogP contribution is -2.46. The number of nitrogens with one attached hydrogen (secondary N) is 4. The highest BCUT2D eigenvalue weighted by Gasteiger charge is 2.47. The Kier molecular flexibility index (Phi) is 23.3. The molecule has 38 heteroatoms. The molecule has 70 heavy (non-hydrogen) atoms. The number of nitrogens with two attached hydrogens (primary N) is 1. The molecular weight excluding hydrogens is 1070 g/mol. The van der Waals surface area contributed by atoms with Gasteiger partial charge in [0.2, 0.25) is 23.6 Å². The van der Waals surface area contributed by atoms with Gasteiger partial charge in [0.1, 0.15) is 42.4 Å². The number of amides is 4.